The molecule has 1 amide bonds. The minimum atomic E-state index is -3.24. The van der Waals surface area contributed by atoms with E-state index in [2.05, 4.69) is 5.32 Å². The first-order chi connectivity index (χ1) is 9.95. The Morgan fingerprint density at radius 3 is 2.62 bits per heavy atom. The topological polar surface area (TPSA) is 63.2 Å². The number of sulfone groups is 1. The third kappa shape index (κ3) is 5.16. The second-order valence-corrected chi connectivity index (χ2v) is 7.91. The molecule has 0 aliphatic heterocycles. The van der Waals surface area contributed by atoms with Crippen LogP contribution >= 0.6 is 0 Å². The molecule has 0 heterocycles. The minimum absolute atomic E-state index is 0.0359. The van der Waals surface area contributed by atoms with E-state index in [1.54, 1.807) is 12.1 Å². The second kappa shape index (κ2) is 7.07. The van der Waals surface area contributed by atoms with Crippen LogP contribution in [0.15, 0.2) is 29.2 Å². The highest BCUT2D eigenvalue weighted by molar-refractivity contribution is 7.90. The summed E-state index contributed by atoms with van der Waals surface area (Å²) in [7, 11) is -3.24. The Kier molecular flexibility index (Phi) is 5.39. The van der Waals surface area contributed by atoms with Gasteiger partial charge in [-0.15, -0.1) is 0 Å². The Labute approximate surface area is 126 Å². The van der Waals surface area contributed by atoms with Gasteiger partial charge >= 0.3 is 0 Å². The van der Waals surface area contributed by atoms with E-state index in [-0.39, 0.29) is 10.8 Å². The van der Waals surface area contributed by atoms with E-state index in [0.717, 1.165) is 12.7 Å². The Morgan fingerprint density at radius 2 is 1.95 bits per heavy atom. The largest absolute Gasteiger partial charge is 0.326 e. The molecule has 1 aliphatic carbocycles. The molecule has 0 unspecified atom stereocenters. The maximum absolute atomic E-state index is 12.0. The summed E-state index contributed by atoms with van der Waals surface area (Å²) in [5.41, 5.74) is 0.548. The van der Waals surface area contributed by atoms with Crippen LogP contribution in [0.25, 0.3) is 0 Å². The molecule has 0 atom stereocenters. The van der Waals surface area contributed by atoms with Crippen LogP contribution in [0.5, 0.6) is 0 Å². The summed E-state index contributed by atoms with van der Waals surface area (Å²) in [6.07, 6.45) is 8.95. The van der Waals surface area contributed by atoms with Crippen LogP contribution in [0.3, 0.4) is 0 Å². The Balaban J connectivity index is 1.87. The highest BCUT2D eigenvalue weighted by Crippen LogP contribution is 2.27. The van der Waals surface area contributed by atoms with E-state index in [9.17, 15) is 13.2 Å². The zero-order valence-corrected chi connectivity index (χ0v) is 13.3. The molecule has 1 saturated carbocycles. The fourth-order valence-electron chi connectivity index (χ4n) is 2.84. The van der Waals surface area contributed by atoms with Gasteiger partial charge in [0.25, 0.3) is 0 Å². The normalized spacial score (nSPS) is 16.6. The standard InChI is InChI=1S/C16H23NO3S/c1-21(19,20)15-9-5-8-14(12-15)17-16(18)11-10-13-6-3-2-4-7-13/h5,8-9,12-13H,2-4,6-7,10-11H2,1H3,(H,17,18). The van der Waals surface area contributed by atoms with Gasteiger partial charge < -0.3 is 5.32 Å². The lowest BCUT2D eigenvalue weighted by Crippen LogP contribution is -2.15. The first-order valence-corrected chi connectivity index (χ1v) is 9.44. The molecule has 4 nitrogen and oxygen atoms in total. The monoisotopic (exact) mass is 309 g/mol. The van der Waals surface area contributed by atoms with Crippen molar-refractivity contribution in [1.29, 1.82) is 0 Å². The van der Waals surface area contributed by atoms with Crippen LogP contribution in [-0.4, -0.2) is 20.6 Å². The summed E-state index contributed by atoms with van der Waals surface area (Å²) in [4.78, 5) is 12.2. The molecule has 21 heavy (non-hydrogen) atoms. The number of hydrogen-bond acceptors (Lipinski definition) is 3. The Hall–Kier alpha value is -1.36. The molecule has 1 aliphatic rings. The molecule has 1 N–H and O–H groups in total. The number of carbonyl (C=O) groups is 1. The summed E-state index contributed by atoms with van der Waals surface area (Å²) in [5, 5.41) is 2.79. The van der Waals surface area contributed by atoms with Crippen LogP contribution in [0.4, 0.5) is 5.69 Å². The molecule has 1 aromatic rings. The second-order valence-electron chi connectivity index (χ2n) is 5.89. The van der Waals surface area contributed by atoms with Crippen LogP contribution in [0.2, 0.25) is 0 Å². The van der Waals surface area contributed by atoms with Crippen LogP contribution < -0.4 is 5.32 Å². The molecule has 0 aromatic heterocycles. The highest BCUT2D eigenvalue weighted by atomic mass is 32.2. The van der Waals surface area contributed by atoms with Crippen molar-refractivity contribution >= 4 is 21.4 Å². The molecule has 0 radical (unpaired) electrons. The summed E-state index contributed by atoms with van der Waals surface area (Å²) in [6.45, 7) is 0. The molecular formula is C16H23NO3S. The van der Waals surface area contributed by atoms with E-state index in [4.69, 9.17) is 0 Å². The van der Waals surface area contributed by atoms with Gasteiger partial charge in [-0.05, 0) is 30.5 Å². The SMILES string of the molecule is CS(=O)(=O)c1cccc(NC(=O)CCC2CCCCC2)c1. The molecule has 0 saturated heterocycles. The van der Waals surface area contributed by atoms with Crippen molar-refractivity contribution in [3.63, 3.8) is 0 Å². The number of rotatable bonds is 5. The molecule has 1 aromatic carbocycles. The van der Waals surface area contributed by atoms with Crippen molar-refractivity contribution in [1.82, 2.24) is 0 Å². The molecule has 5 heteroatoms. The number of hydrogen-bond donors (Lipinski definition) is 1. The number of benzene rings is 1. The van der Waals surface area contributed by atoms with Gasteiger partial charge in [-0.1, -0.05) is 38.2 Å². The van der Waals surface area contributed by atoms with Gasteiger partial charge in [0, 0.05) is 18.4 Å². The smallest absolute Gasteiger partial charge is 0.224 e. The molecule has 116 valence electrons. The Bertz CT molecular complexity index is 589. The number of carbonyl (C=O) groups excluding carboxylic acids is 1. The quantitative estimate of drug-likeness (QED) is 0.907. The Morgan fingerprint density at radius 1 is 1.24 bits per heavy atom. The van der Waals surface area contributed by atoms with Crippen molar-refractivity contribution in [3.8, 4) is 0 Å². The van der Waals surface area contributed by atoms with Crippen molar-refractivity contribution in [2.24, 2.45) is 5.92 Å². The number of nitrogens with one attached hydrogen (secondary N) is 1. The van der Waals surface area contributed by atoms with E-state index in [1.807, 2.05) is 0 Å². The van der Waals surface area contributed by atoms with Gasteiger partial charge in [0.05, 0.1) is 4.90 Å². The van der Waals surface area contributed by atoms with E-state index in [0.29, 0.717) is 18.0 Å². The zero-order valence-electron chi connectivity index (χ0n) is 12.5. The first kappa shape index (κ1) is 16.0. The average molecular weight is 309 g/mol. The fourth-order valence-corrected chi connectivity index (χ4v) is 3.51. The maximum Gasteiger partial charge on any atom is 0.224 e. The number of amides is 1. The van der Waals surface area contributed by atoms with Gasteiger partial charge in [-0.3, -0.25) is 4.79 Å². The third-order valence-corrected chi connectivity index (χ3v) is 5.16. The van der Waals surface area contributed by atoms with E-state index >= 15 is 0 Å². The lowest BCUT2D eigenvalue weighted by atomic mass is 9.86. The number of anilines is 1. The predicted octanol–water partition coefficient (Wildman–Crippen LogP) is 3.39. The van der Waals surface area contributed by atoms with Gasteiger partial charge in [-0.25, -0.2) is 8.42 Å². The summed E-state index contributed by atoms with van der Waals surface area (Å²) < 4.78 is 23.0. The van der Waals surface area contributed by atoms with Gasteiger partial charge in [0.15, 0.2) is 9.84 Å². The van der Waals surface area contributed by atoms with Crippen molar-refractivity contribution in [3.05, 3.63) is 24.3 Å². The van der Waals surface area contributed by atoms with Crippen LogP contribution in [0, 0.1) is 5.92 Å². The molecular weight excluding hydrogens is 286 g/mol. The summed E-state index contributed by atoms with van der Waals surface area (Å²) in [5.74, 6) is 0.637. The van der Waals surface area contributed by atoms with Crippen molar-refractivity contribution < 1.29 is 13.2 Å². The average Bonchev–Trinajstić information content (AvgIpc) is 2.46. The molecule has 0 spiro atoms. The zero-order chi connectivity index (χ0) is 15.3. The van der Waals surface area contributed by atoms with Crippen molar-refractivity contribution in [2.75, 3.05) is 11.6 Å². The van der Waals surface area contributed by atoms with Crippen molar-refractivity contribution in [2.45, 2.75) is 49.8 Å². The maximum atomic E-state index is 12.0. The summed E-state index contributed by atoms with van der Waals surface area (Å²) in [6, 6.07) is 6.40. The highest BCUT2D eigenvalue weighted by Gasteiger charge is 2.15. The van der Waals surface area contributed by atoms with E-state index in [1.165, 1.54) is 44.2 Å². The molecule has 0 bridgehead atoms. The van der Waals surface area contributed by atoms with Gasteiger partial charge in [0.1, 0.15) is 0 Å². The van der Waals surface area contributed by atoms with E-state index < -0.39 is 9.84 Å². The predicted molar refractivity (Wildman–Crippen MR) is 84.0 cm³/mol. The van der Waals surface area contributed by atoms with Gasteiger partial charge in [-0.2, -0.15) is 0 Å². The van der Waals surface area contributed by atoms with Gasteiger partial charge in [0.2, 0.25) is 5.91 Å². The summed E-state index contributed by atoms with van der Waals surface area (Å²) >= 11 is 0. The van der Waals surface area contributed by atoms with Crippen LogP contribution in [-0.2, 0) is 14.6 Å². The fraction of sp³-hybridized carbons (Fsp3) is 0.562. The molecule has 2 rings (SSSR count). The lowest BCUT2D eigenvalue weighted by molar-refractivity contribution is -0.116. The minimum Gasteiger partial charge on any atom is -0.326 e. The first-order valence-electron chi connectivity index (χ1n) is 7.55. The lowest BCUT2D eigenvalue weighted by Gasteiger charge is -2.21. The van der Waals surface area contributed by atoms with Crippen LogP contribution in [0.1, 0.15) is 44.9 Å². The molecule has 1 fully saturated rings. The third-order valence-electron chi connectivity index (χ3n) is 4.05.